The predicted octanol–water partition coefficient (Wildman–Crippen LogP) is 4.57. The van der Waals surface area contributed by atoms with E-state index in [4.69, 9.17) is 4.98 Å². The molecule has 0 radical (unpaired) electrons. The van der Waals surface area contributed by atoms with Crippen LogP contribution in [-0.2, 0) is 6.54 Å². The van der Waals surface area contributed by atoms with Gasteiger partial charge in [0.05, 0.1) is 5.69 Å². The molecule has 0 aliphatic carbocycles. The molecule has 29 heavy (non-hydrogen) atoms. The molecule has 3 heterocycles. The minimum Gasteiger partial charge on any atom is -0.333 e. The molecule has 5 aromatic rings. The van der Waals surface area contributed by atoms with Crippen LogP contribution in [0.25, 0.3) is 33.5 Å². The van der Waals surface area contributed by atoms with Crippen LogP contribution in [0.15, 0.2) is 73.2 Å². The second kappa shape index (κ2) is 7.02. The van der Waals surface area contributed by atoms with E-state index in [0.717, 1.165) is 34.7 Å². The number of benzene rings is 2. The van der Waals surface area contributed by atoms with Crippen LogP contribution < -0.4 is 4.57 Å². The minimum absolute atomic E-state index is 0.745. The van der Waals surface area contributed by atoms with E-state index in [1.807, 2.05) is 18.3 Å². The fourth-order valence-electron chi connectivity index (χ4n) is 3.55. The molecular formula is C24H22N5+. The van der Waals surface area contributed by atoms with E-state index >= 15 is 0 Å². The summed E-state index contributed by atoms with van der Waals surface area (Å²) in [5.74, 6) is 0.880. The van der Waals surface area contributed by atoms with E-state index < -0.39 is 0 Å². The summed E-state index contributed by atoms with van der Waals surface area (Å²) >= 11 is 0. The summed E-state index contributed by atoms with van der Waals surface area (Å²) in [5.41, 5.74) is 9.20. The van der Waals surface area contributed by atoms with Crippen molar-refractivity contribution in [3.63, 3.8) is 0 Å². The number of imidazole rings is 1. The van der Waals surface area contributed by atoms with Crippen molar-refractivity contribution in [2.24, 2.45) is 0 Å². The Bertz CT molecular complexity index is 1280. The number of aromatic amines is 2. The first-order valence-corrected chi connectivity index (χ1v) is 9.71. The number of rotatable bonds is 4. The van der Waals surface area contributed by atoms with E-state index in [-0.39, 0.29) is 0 Å². The van der Waals surface area contributed by atoms with Crippen LogP contribution in [0.1, 0.15) is 16.8 Å². The zero-order valence-corrected chi connectivity index (χ0v) is 16.5. The summed E-state index contributed by atoms with van der Waals surface area (Å²) in [6.45, 7) is 5.04. The van der Waals surface area contributed by atoms with Crippen LogP contribution in [0.4, 0.5) is 0 Å². The van der Waals surface area contributed by atoms with Crippen LogP contribution in [0.2, 0.25) is 0 Å². The Morgan fingerprint density at radius 2 is 1.66 bits per heavy atom. The largest absolute Gasteiger partial charge is 0.333 e. The van der Waals surface area contributed by atoms with E-state index in [9.17, 15) is 0 Å². The lowest BCUT2D eigenvalue weighted by Crippen LogP contribution is -2.33. The van der Waals surface area contributed by atoms with Crippen molar-refractivity contribution in [3.8, 4) is 22.5 Å². The van der Waals surface area contributed by atoms with Crippen LogP contribution in [0, 0.1) is 13.8 Å². The zero-order valence-electron chi connectivity index (χ0n) is 16.5. The van der Waals surface area contributed by atoms with Gasteiger partial charge < -0.3 is 4.98 Å². The quantitative estimate of drug-likeness (QED) is 0.449. The van der Waals surface area contributed by atoms with Crippen molar-refractivity contribution in [3.05, 3.63) is 90.0 Å². The Hall–Kier alpha value is -3.73. The fraction of sp³-hybridized carbons (Fsp3) is 0.125. The van der Waals surface area contributed by atoms with Crippen molar-refractivity contribution < 1.29 is 4.57 Å². The SMILES string of the molecule is Cc1ccc(-c2ccc(-c3nc4cc[n+](Cc5ccn[nH]5)cc4[nH]3)cc2)cc1C. The number of pyridine rings is 1. The fourth-order valence-corrected chi connectivity index (χ4v) is 3.55. The lowest BCUT2D eigenvalue weighted by Gasteiger charge is -2.06. The summed E-state index contributed by atoms with van der Waals surface area (Å²) in [5, 5.41) is 7.00. The Morgan fingerprint density at radius 3 is 2.41 bits per heavy atom. The summed E-state index contributed by atoms with van der Waals surface area (Å²) in [6, 6.07) is 19.2. The molecule has 0 fully saturated rings. The Balaban J connectivity index is 1.43. The van der Waals surface area contributed by atoms with Crippen molar-refractivity contribution >= 4 is 11.0 Å². The third kappa shape index (κ3) is 3.43. The van der Waals surface area contributed by atoms with Gasteiger partial charge in [-0.2, -0.15) is 9.67 Å². The highest BCUT2D eigenvalue weighted by atomic mass is 15.1. The van der Waals surface area contributed by atoms with Crippen LogP contribution in [0.3, 0.4) is 0 Å². The predicted molar refractivity (Wildman–Crippen MR) is 114 cm³/mol. The van der Waals surface area contributed by atoms with E-state index in [2.05, 4.69) is 82.3 Å². The highest BCUT2D eigenvalue weighted by molar-refractivity contribution is 5.78. The van der Waals surface area contributed by atoms with Gasteiger partial charge in [0.15, 0.2) is 18.9 Å². The van der Waals surface area contributed by atoms with Gasteiger partial charge in [-0.1, -0.05) is 42.5 Å². The maximum Gasteiger partial charge on any atom is 0.195 e. The molecule has 2 N–H and O–H groups in total. The Morgan fingerprint density at radius 1 is 0.862 bits per heavy atom. The summed E-state index contributed by atoms with van der Waals surface area (Å²) in [6.07, 6.45) is 5.89. The molecule has 5 rings (SSSR count). The Kier molecular flexibility index (Phi) is 4.21. The summed E-state index contributed by atoms with van der Waals surface area (Å²) in [7, 11) is 0. The maximum absolute atomic E-state index is 4.76. The number of nitrogens with one attached hydrogen (secondary N) is 2. The Labute approximate surface area is 169 Å². The first-order valence-electron chi connectivity index (χ1n) is 9.71. The van der Waals surface area contributed by atoms with Crippen molar-refractivity contribution in [2.75, 3.05) is 0 Å². The molecule has 0 unspecified atom stereocenters. The number of aryl methyl sites for hydroxylation is 2. The smallest absolute Gasteiger partial charge is 0.195 e. The number of hydrogen-bond donors (Lipinski definition) is 2. The highest BCUT2D eigenvalue weighted by Gasteiger charge is 2.11. The average molecular weight is 380 g/mol. The number of nitrogens with zero attached hydrogens (tertiary/aromatic N) is 3. The molecule has 0 amide bonds. The number of aromatic nitrogens is 5. The van der Waals surface area contributed by atoms with Gasteiger partial charge in [-0.3, -0.25) is 5.10 Å². The number of fused-ring (bicyclic) bond motifs is 1. The van der Waals surface area contributed by atoms with Crippen molar-refractivity contribution in [1.82, 2.24) is 20.2 Å². The molecule has 0 aliphatic rings. The first kappa shape index (κ1) is 17.4. The van der Waals surface area contributed by atoms with Crippen molar-refractivity contribution in [2.45, 2.75) is 20.4 Å². The molecule has 0 bridgehead atoms. The van der Waals surface area contributed by atoms with E-state index in [0.29, 0.717) is 0 Å². The van der Waals surface area contributed by atoms with Gasteiger partial charge in [-0.15, -0.1) is 0 Å². The van der Waals surface area contributed by atoms with Crippen LogP contribution >= 0.6 is 0 Å². The molecule has 2 aromatic carbocycles. The zero-order chi connectivity index (χ0) is 19.8. The molecule has 0 atom stereocenters. The highest BCUT2D eigenvalue weighted by Crippen LogP contribution is 2.26. The number of H-pyrrole nitrogens is 2. The van der Waals surface area contributed by atoms with E-state index in [1.54, 1.807) is 6.20 Å². The minimum atomic E-state index is 0.745. The standard InChI is InChI=1S/C24H21N5/c1-16-3-4-20(13-17(16)2)18-5-7-19(8-6-18)24-26-22-10-12-29(15-23(22)27-24)14-21-9-11-25-28-21/h3-13,15H,14H2,1-2H3,(H,25,28)/p+1. The van der Waals surface area contributed by atoms with Gasteiger partial charge in [0.25, 0.3) is 0 Å². The van der Waals surface area contributed by atoms with Gasteiger partial charge in [0.2, 0.25) is 0 Å². The third-order valence-electron chi connectivity index (χ3n) is 5.39. The van der Waals surface area contributed by atoms with Crippen LogP contribution in [0.5, 0.6) is 0 Å². The van der Waals surface area contributed by atoms with E-state index in [1.165, 1.54) is 22.3 Å². The monoisotopic (exact) mass is 380 g/mol. The molecule has 0 aliphatic heterocycles. The van der Waals surface area contributed by atoms with Gasteiger partial charge in [0.1, 0.15) is 16.9 Å². The summed E-state index contributed by atoms with van der Waals surface area (Å²) in [4.78, 5) is 8.21. The van der Waals surface area contributed by atoms with Crippen LogP contribution in [-0.4, -0.2) is 20.2 Å². The maximum atomic E-state index is 4.76. The third-order valence-corrected chi connectivity index (χ3v) is 5.39. The van der Waals surface area contributed by atoms with Gasteiger partial charge in [0, 0.05) is 17.8 Å². The molecule has 0 spiro atoms. The lowest BCUT2D eigenvalue weighted by molar-refractivity contribution is -0.687. The van der Waals surface area contributed by atoms with Crippen molar-refractivity contribution in [1.29, 1.82) is 0 Å². The lowest BCUT2D eigenvalue weighted by atomic mass is 9.99. The molecular weight excluding hydrogens is 358 g/mol. The first-order chi connectivity index (χ1) is 14.2. The molecule has 0 saturated carbocycles. The summed E-state index contributed by atoms with van der Waals surface area (Å²) < 4.78 is 2.11. The number of hydrogen-bond acceptors (Lipinski definition) is 2. The molecule has 5 nitrogen and oxygen atoms in total. The topological polar surface area (TPSA) is 61.2 Å². The average Bonchev–Trinajstić information content (AvgIpc) is 3.40. The van der Waals surface area contributed by atoms with Gasteiger partial charge in [-0.25, -0.2) is 4.98 Å². The second-order valence-corrected chi connectivity index (χ2v) is 7.46. The molecule has 3 aromatic heterocycles. The van der Waals surface area contributed by atoms with Gasteiger partial charge in [-0.05, 0) is 42.2 Å². The molecule has 0 saturated heterocycles. The van der Waals surface area contributed by atoms with Gasteiger partial charge >= 0.3 is 0 Å². The molecule has 142 valence electrons. The molecule has 5 heteroatoms. The second-order valence-electron chi connectivity index (χ2n) is 7.46. The normalized spacial score (nSPS) is 11.2.